The van der Waals surface area contributed by atoms with Gasteiger partial charge >= 0.3 is 24.0 Å². The first kappa shape index (κ1) is 14.1. The number of aliphatic hydroxyl groups is 1. The molecule has 0 fully saturated rings. The van der Waals surface area contributed by atoms with Crippen molar-refractivity contribution in [1.29, 1.82) is 0 Å². The fourth-order valence-corrected chi connectivity index (χ4v) is 0.445. The van der Waals surface area contributed by atoms with Crippen LogP contribution in [0.15, 0.2) is 11.9 Å². The summed E-state index contributed by atoms with van der Waals surface area (Å²) in [4.78, 5) is 0. The number of alkyl halides is 6. The summed E-state index contributed by atoms with van der Waals surface area (Å²) < 4.78 is 105. The molecule has 0 atom stereocenters. The molecule has 0 spiro atoms. The van der Waals surface area contributed by atoms with Gasteiger partial charge in [-0.1, -0.05) is 0 Å². The van der Waals surface area contributed by atoms with E-state index in [-0.39, 0.29) is 0 Å². The van der Waals surface area contributed by atoms with Crippen molar-refractivity contribution in [3.05, 3.63) is 11.9 Å². The Balaban J connectivity index is 5.49. The second-order valence-electron chi connectivity index (χ2n) is 2.26. The van der Waals surface area contributed by atoms with Crippen LogP contribution >= 0.6 is 0 Å². The Labute approximate surface area is 75.8 Å². The van der Waals surface area contributed by atoms with E-state index in [1.165, 1.54) is 0 Å². The van der Waals surface area contributed by atoms with Crippen LogP contribution in [-0.2, 0) is 0 Å². The lowest BCUT2D eigenvalue weighted by molar-refractivity contribution is -0.378. The van der Waals surface area contributed by atoms with E-state index in [9.17, 15) is 39.5 Å². The number of allylic oxidation sites excluding steroid dienone is 1. The summed E-state index contributed by atoms with van der Waals surface area (Å²) in [7, 11) is 0. The number of halogens is 9. The van der Waals surface area contributed by atoms with Gasteiger partial charge in [0.2, 0.25) is 5.83 Å². The minimum atomic E-state index is -6.69. The molecule has 0 saturated carbocycles. The molecule has 0 unspecified atom stereocenters. The molecule has 0 saturated heterocycles. The van der Waals surface area contributed by atoms with Crippen LogP contribution in [0.4, 0.5) is 39.5 Å². The molecule has 90 valence electrons. The van der Waals surface area contributed by atoms with Crippen molar-refractivity contribution >= 4 is 0 Å². The van der Waals surface area contributed by atoms with Crippen LogP contribution < -0.4 is 0 Å². The highest BCUT2D eigenvalue weighted by atomic mass is 19.4. The quantitative estimate of drug-likeness (QED) is 0.761. The van der Waals surface area contributed by atoms with Gasteiger partial charge in [-0.05, 0) is 0 Å². The van der Waals surface area contributed by atoms with Crippen LogP contribution in [0.1, 0.15) is 0 Å². The molecule has 0 rings (SSSR count). The number of rotatable bonds is 3. The highest BCUT2D eigenvalue weighted by molar-refractivity contribution is 5.12. The standard InChI is InChI=1S/C5HF9O/c6-1(2(7)8)3(9,10)4(11,12)5(13,14)15/h15H. The first-order chi connectivity index (χ1) is 6.35. The van der Waals surface area contributed by atoms with E-state index in [1.54, 1.807) is 0 Å². The predicted molar refractivity (Wildman–Crippen MR) is 27.4 cm³/mol. The minimum absolute atomic E-state index is 3.89. The van der Waals surface area contributed by atoms with E-state index in [2.05, 4.69) is 0 Å². The van der Waals surface area contributed by atoms with Crippen LogP contribution in [0.3, 0.4) is 0 Å². The Bertz CT molecular complexity index is 271. The van der Waals surface area contributed by atoms with Crippen LogP contribution in [0.5, 0.6) is 0 Å². The van der Waals surface area contributed by atoms with E-state index >= 15 is 0 Å². The third kappa shape index (κ3) is 2.19. The normalized spacial score (nSPS) is 14.0. The van der Waals surface area contributed by atoms with E-state index < -0.39 is 29.9 Å². The van der Waals surface area contributed by atoms with Crippen molar-refractivity contribution in [2.45, 2.75) is 18.0 Å². The molecule has 0 amide bonds. The summed E-state index contributed by atoms with van der Waals surface area (Å²) in [6.45, 7) is 0. The topological polar surface area (TPSA) is 20.2 Å². The summed E-state index contributed by atoms with van der Waals surface area (Å²) in [5, 5.41) is 7.31. The maximum absolute atomic E-state index is 12.0. The Morgan fingerprint density at radius 2 is 1.13 bits per heavy atom. The zero-order valence-corrected chi connectivity index (χ0v) is 6.35. The minimum Gasteiger partial charge on any atom is -0.331 e. The van der Waals surface area contributed by atoms with Crippen molar-refractivity contribution in [3.63, 3.8) is 0 Å². The van der Waals surface area contributed by atoms with Gasteiger partial charge in [-0.25, -0.2) is 0 Å². The first-order valence-corrected chi connectivity index (χ1v) is 2.92. The SMILES string of the molecule is OC(F)(F)C(F)(F)C(F)(F)C(F)=C(F)F. The molecule has 10 heteroatoms. The molecule has 15 heavy (non-hydrogen) atoms. The summed E-state index contributed by atoms with van der Waals surface area (Å²) in [5.74, 6) is -17.2. The highest BCUT2D eigenvalue weighted by Gasteiger charge is 2.74. The fourth-order valence-electron chi connectivity index (χ4n) is 0.445. The van der Waals surface area contributed by atoms with Gasteiger partial charge < -0.3 is 5.11 Å². The highest BCUT2D eigenvalue weighted by Crippen LogP contribution is 2.49. The zero-order chi connectivity index (χ0) is 12.7. The monoisotopic (exact) mass is 248 g/mol. The van der Waals surface area contributed by atoms with Crippen molar-refractivity contribution in [1.82, 2.24) is 0 Å². The molecule has 0 aliphatic rings. The first-order valence-electron chi connectivity index (χ1n) is 2.92. The molecule has 0 bridgehead atoms. The maximum atomic E-state index is 12.0. The molecule has 0 aliphatic heterocycles. The van der Waals surface area contributed by atoms with E-state index in [0.29, 0.717) is 0 Å². The second-order valence-corrected chi connectivity index (χ2v) is 2.26. The van der Waals surface area contributed by atoms with Gasteiger partial charge in [0.25, 0.3) is 0 Å². The molecule has 0 aromatic heterocycles. The number of hydrogen-bond donors (Lipinski definition) is 1. The summed E-state index contributed by atoms with van der Waals surface area (Å²) in [6, 6.07) is 0. The van der Waals surface area contributed by atoms with Gasteiger partial charge in [0.05, 0.1) is 0 Å². The van der Waals surface area contributed by atoms with Crippen molar-refractivity contribution in [2.75, 3.05) is 0 Å². The molecule has 0 aliphatic carbocycles. The summed E-state index contributed by atoms with van der Waals surface area (Å²) in [6.07, 6.45) is -10.2. The predicted octanol–water partition coefficient (Wildman–Crippen LogP) is 2.92. The largest absolute Gasteiger partial charge is 0.423 e. The molecular formula is C5HF9O. The molecule has 1 nitrogen and oxygen atoms in total. The van der Waals surface area contributed by atoms with Crippen LogP contribution in [-0.4, -0.2) is 23.1 Å². The van der Waals surface area contributed by atoms with Crippen molar-refractivity contribution < 1.29 is 44.6 Å². The zero-order valence-electron chi connectivity index (χ0n) is 6.35. The van der Waals surface area contributed by atoms with Crippen LogP contribution in [0.2, 0.25) is 0 Å². The maximum Gasteiger partial charge on any atom is 0.423 e. The molecule has 0 aromatic carbocycles. The summed E-state index contributed by atoms with van der Waals surface area (Å²) >= 11 is 0. The third-order valence-electron chi connectivity index (χ3n) is 1.21. The molecular weight excluding hydrogens is 247 g/mol. The van der Waals surface area contributed by atoms with E-state index in [1.807, 2.05) is 0 Å². The van der Waals surface area contributed by atoms with Gasteiger partial charge in [0.1, 0.15) is 0 Å². The van der Waals surface area contributed by atoms with E-state index in [4.69, 9.17) is 5.11 Å². The Hall–Kier alpha value is -0.930. The van der Waals surface area contributed by atoms with Gasteiger partial charge in [-0.3, -0.25) is 0 Å². The lowest BCUT2D eigenvalue weighted by atomic mass is 10.1. The Morgan fingerprint density at radius 1 is 0.800 bits per heavy atom. The van der Waals surface area contributed by atoms with Gasteiger partial charge in [0.15, 0.2) is 0 Å². The Kier molecular flexibility index (Phi) is 3.36. The van der Waals surface area contributed by atoms with Gasteiger partial charge in [0, 0.05) is 0 Å². The lowest BCUT2D eigenvalue weighted by Crippen LogP contribution is -2.54. The lowest BCUT2D eigenvalue weighted by Gasteiger charge is -2.27. The van der Waals surface area contributed by atoms with Gasteiger partial charge in [-0.15, -0.1) is 0 Å². The van der Waals surface area contributed by atoms with Crippen LogP contribution in [0.25, 0.3) is 0 Å². The third-order valence-corrected chi connectivity index (χ3v) is 1.21. The smallest absolute Gasteiger partial charge is 0.331 e. The molecule has 0 radical (unpaired) electrons. The van der Waals surface area contributed by atoms with Crippen molar-refractivity contribution in [2.24, 2.45) is 0 Å². The average molecular weight is 248 g/mol. The van der Waals surface area contributed by atoms with Crippen LogP contribution in [0, 0.1) is 0 Å². The molecule has 1 N–H and O–H groups in total. The van der Waals surface area contributed by atoms with Crippen molar-refractivity contribution in [3.8, 4) is 0 Å². The average Bonchev–Trinajstić information content (AvgIpc) is 2.00. The molecule has 0 heterocycles. The Morgan fingerprint density at radius 3 is 1.33 bits per heavy atom. The van der Waals surface area contributed by atoms with E-state index in [0.717, 1.165) is 0 Å². The second kappa shape index (κ2) is 3.58. The van der Waals surface area contributed by atoms with Gasteiger partial charge in [-0.2, -0.15) is 39.5 Å². The summed E-state index contributed by atoms with van der Waals surface area (Å²) in [5.41, 5.74) is 0. The molecule has 0 aromatic rings. The number of hydrogen-bond acceptors (Lipinski definition) is 1. The fraction of sp³-hybridized carbons (Fsp3) is 0.600.